The van der Waals surface area contributed by atoms with E-state index in [9.17, 15) is 9.59 Å². The van der Waals surface area contributed by atoms with E-state index in [4.69, 9.17) is 14.2 Å². The number of urea groups is 1. The summed E-state index contributed by atoms with van der Waals surface area (Å²) in [6.45, 7) is 1.45. The Hall–Kier alpha value is -2.12. The minimum absolute atomic E-state index is 0.152. The average molecular weight is 346 g/mol. The van der Waals surface area contributed by atoms with E-state index in [-0.39, 0.29) is 18.5 Å². The van der Waals surface area contributed by atoms with Gasteiger partial charge in [-0.05, 0) is 30.5 Å². The van der Waals surface area contributed by atoms with Crippen molar-refractivity contribution in [3.63, 3.8) is 0 Å². The van der Waals surface area contributed by atoms with Gasteiger partial charge in [-0.15, -0.1) is 0 Å². The maximum absolute atomic E-state index is 13.0. The fraction of sp³-hybridized carbons (Fsp3) is 0.556. The number of nitrogens with one attached hydrogen (secondary N) is 1. The van der Waals surface area contributed by atoms with E-state index in [2.05, 4.69) is 5.32 Å². The quantitative estimate of drug-likeness (QED) is 0.845. The number of hydrogen-bond donors (Lipinski definition) is 1. The Bertz CT molecular complexity index is 671. The van der Waals surface area contributed by atoms with Crippen molar-refractivity contribution in [3.8, 4) is 5.75 Å². The van der Waals surface area contributed by atoms with E-state index in [0.29, 0.717) is 38.9 Å². The lowest BCUT2D eigenvalue weighted by molar-refractivity contribution is -0.186. The molecule has 4 rings (SSSR count). The second-order valence-corrected chi connectivity index (χ2v) is 6.86. The van der Waals surface area contributed by atoms with Gasteiger partial charge in [0.25, 0.3) is 5.91 Å². The monoisotopic (exact) mass is 346 g/mol. The molecule has 0 unspecified atom stereocenters. The van der Waals surface area contributed by atoms with E-state index in [1.165, 1.54) is 4.90 Å². The van der Waals surface area contributed by atoms with Crippen molar-refractivity contribution < 1.29 is 23.8 Å². The highest BCUT2D eigenvalue weighted by Gasteiger charge is 2.56. The molecule has 1 N–H and O–H groups in total. The maximum Gasteiger partial charge on any atom is 0.325 e. The largest absolute Gasteiger partial charge is 0.497 e. The van der Waals surface area contributed by atoms with Crippen LogP contribution >= 0.6 is 0 Å². The molecule has 0 radical (unpaired) electrons. The molecule has 2 spiro atoms. The van der Waals surface area contributed by atoms with Gasteiger partial charge >= 0.3 is 6.03 Å². The molecule has 2 aliphatic heterocycles. The molecule has 25 heavy (non-hydrogen) atoms. The van der Waals surface area contributed by atoms with Gasteiger partial charge in [-0.25, -0.2) is 4.79 Å². The fourth-order valence-electron chi connectivity index (χ4n) is 3.92. The smallest absolute Gasteiger partial charge is 0.325 e. The van der Waals surface area contributed by atoms with Crippen LogP contribution in [0.1, 0.15) is 31.2 Å². The molecule has 0 bridgehead atoms. The van der Waals surface area contributed by atoms with Crippen molar-refractivity contribution in [2.24, 2.45) is 0 Å². The van der Waals surface area contributed by atoms with Crippen molar-refractivity contribution in [2.75, 3.05) is 20.3 Å². The van der Waals surface area contributed by atoms with E-state index >= 15 is 0 Å². The molecule has 1 aromatic rings. The van der Waals surface area contributed by atoms with Gasteiger partial charge in [0.05, 0.1) is 26.9 Å². The number of amides is 3. The zero-order chi connectivity index (χ0) is 17.5. The summed E-state index contributed by atoms with van der Waals surface area (Å²) in [5.74, 6) is 0.0346. The highest BCUT2D eigenvalue weighted by atomic mass is 16.7. The Kier molecular flexibility index (Phi) is 3.92. The summed E-state index contributed by atoms with van der Waals surface area (Å²) in [7, 11) is 1.60. The summed E-state index contributed by atoms with van der Waals surface area (Å²) < 4.78 is 16.6. The van der Waals surface area contributed by atoms with Crippen LogP contribution in [-0.2, 0) is 20.8 Å². The third kappa shape index (κ3) is 2.77. The lowest BCUT2D eigenvalue weighted by Crippen LogP contribution is -2.53. The van der Waals surface area contributed by atoms with Gasteiger partial charge in [0.2, 0.25) is 0 Å². The summed E-state index contributed by atoms with van der Waals surface area (Å²) in [5.41, 5.74) is 0.0699. The van der Waals surface area contributed by atoms with Crippen molar-refractivity contribution >= 4 is 11.9 Å². The Morgan fingerprint density at radius 1 is 1.08 bits per heavy atom. The first-order valence-electron chi connectivity index (χ1n) is 8.61. The highest BCUT2D eigenvalue weighted by molar-refractivity contribution is 6.07. The molecule has 1 aliphatic carbocycles. The van der Waals surface area contributed by atoms with Crippen LogP contribution in [-0.4, -0.2) is 48.5 Å². The first kappa shape index (κ1) is 16.4. The predicted octanol–water partition coefficient (Wildman–Crippen LogP) is 1.80. The van der Waals surface area contributed by atoms with Crippen LogP contribution < -0.4 is 10.1 Å². The van der Waals surface area contributed by atoms with Gasteiger partial charge in [0, 0.05) is 12.8 Å². The minimum Gasteiger partial charge on any atom is -0.497 e. The number of nitrogens with zero attached hydrogens (tertiary/aromatic N) is 1. The molecule has 134 valence electrons. The third-order valence-electron chi connectivity index (χ3n) is 5.42. The second-order valence-electron chi connectivity index (χ2n) is 6.86. The number of carbonyl (C=O) groups excluding carboxylic acids is 2. The molecule has 7 nitrogen and oxygen atoms in total. The Morgan fingerprint density at radius 2 is 1.72 bits per heavy atom. The maximum atomic E-state index is 13.0. The number of ether oxygens (including phenoxy) is 3. The second kappa shape index (κ2) is 6.00. The number of carbonyl (C=O) groups is 2. The van der Waals surface area contributed by atoms with Crippen molar-refractivity contribution in [3.05, 3.63) is 29.8 Å². The molecule has 2 heterocycles. The van der Waals surface area contributed by atoms with Crippen molar-refractivity contribution in [2.45, 2.75) is 43.6 Å². The zero-order valence-corrected chi connectivity index (χ0v) is 14.2. The topological polar surface area (TPSA) is 77.1 Å². The highest BCUT2D eigenvalue weighted by Crippen LogP contribution is 2.42. The zero-order valence-electron chi connectivity index (χ0n) is 14.2. The SMILES string of the molecule is COc1ccc(CN2C(=O)NC3(CCC4(CC3)OCCO4)C2=O)cc1. The molecular weight excluding hydrogens is 324 g/mol. The molecule has 2 saturated heterocycles. The standard InChI is InChI=1S/C18H22N2O5/c1-23-14-4-2-13(3-5-14)12-20-15(21)17(19-16(20)22)6-8-18(9-7-17)24-10-11-25-18/h2-5H,6-12H2,1H3,(H,19,22). The van der Waals surface area contributed by atoms with Crippen LogP contribution in [0.5, 0.6) is 5.75 Å². The van der Waals surface area contributed by atoms with Crippen molar-refractivity contribution in [1.82, 2.24) is 10.2 Å². The first-order valence-corrected chi connectivity index (χ1v) is 8.61. The molecule has 7 heteroatoms. The van der Waals surface area contributed by atoms with Crippen LogP contribution in [0.4, 0.5) is 4.79 Å². The molecular formula is C18H22N2O5. The van der Waals surface area contributed by atoms with E-state index in [1.54, 1.807) is 7.11 Å². The predicted molar refractivity (Wildman–Crippen MR) is 87.9 cm³/mol. The minimum atomic E-state index is -0.815. The number of rotatable bonds is 3. The summed E-state index contributed by atoms with van der Waals surface area (Å²) >= 11 is 0. The Labute approximate surface area is 146 Å². The normalized spacial score (nSPS) is 24.1. The van der Waals surface area contributed by atoms with Crippen LogP contribution in [0.25, 0.3) is 0 Å². The van der Waals surface area contributed by atoms with Gasteiger partial charge < -0.3 is 19.5 Å². The average Bonchev–Trinajstić information content (AvgIpc) is 3.18. The number of imide groups is 1. The van der Waals surface area contributed by atoms with E-state index < -0.39 is 11.3 Å². The van der Waals surface area contributed by atoms with Gasteiger partial charge in [-0.2, -0.15) is 0 Å². The molecule has 3 aliphatic rings. The number of benzene rings is 1. The summed E-state index contributed by atoms with van der Waals surface area (Å²) in [6, 6.07) is 7.04. The van der Waals surface area contributed by atoms with Crippen LogP contribution in [0, 0.1) is 0 Å². The van der Waals surface area contributed by atoms with Crippen LogP contribution in [0.15, 0.2) is 24.3 Å². The van der Waals surface area contributed by atoms with Gasteiger partial charge in [-0.1, -0.05) is 12.1 Å². The summed E-state index contributed by atoms with van der Waals surface area (Å²) in [6.07, 6.45) is 2.32. The number of hydrogen-bond acceptors (Lipinski definition) is 5. The third-order valence-corrected chi connectivity index (χ3v) is 5.42. The van der Waals surface area contributed by atoms with Crippen LogP contribution in [0.2, 0.25) is 0 Å². The lowest BCUT2D eigenvalue weighted by Gasteiger charge is -2.39. The van der Waals surface area contributed by atoms with E-state index in [1.807, 2.05) is 24.3 Å². The molecule has 0 atom stereocenters. The summed E-state index contributed by atoms with van der Waals surface area (Å²) in [4.78, 5) is 26.7. The van der Waals surface area contributed by atoms with Crippen molar-refractivity contribution in [1.29, 1.82) is 0 Å². The van der Waals surface area contributed by atoms with Gasteiger partial charge in [0.1, 0.15) is 11.3 Å². The molecule has 1 aromatic carbocycles. The van der Waals surface area contributed by atoms with Crippen LogP contribution in [0.3, 0.4) is 0 Å². The first-order chi connectivity index (χ1) is 12.1. The number of methoxy groups -OCH3 is 1. The molecule has 1 saturated carbocycles. The van der Waals surface area contributed by atoms with Gasteiger partial charge in [0.15, 0.2) is 5.79 Å². The Balaban J connectivity index is 1.46. The fourth-order valence-corrected chi connectivity index (χ4v) is 3.92. The molecule has 3 fully saturated rings. The lowest BCUT2D eigenvalue weighted by atomic mass is 9.78. The summed E-state index contributed by atoms with van der Waals surface area (Å²) in [5, 5.41) is 2.92. The molecule has 3 amide bonds. The van der Waals surface area contributed by atoms with Gasteiger partial charge in [-0.3, -0.25) is 9.69 Å². The molecule has 0 aromatic heterocycles. The van der Waals surface area contributed by atoms with E-state index in [0.717, 1.165) is 11.3 Å². The Morgan fingerprint density at radius 3 is 2.32 bits per heavy atom.